The zero-order valence-corrected chi connectivity index (χ0v) is 14.8. The van der Waals surface area contributed by atoms with Gasteiger partial charge in [-0.15, -0.1) is 0 Å². The monoisotopic (exact) mass is 400 g/mol. The summed E-state index contributed by atoms with van der Waals surface area (Å²) in [4.78, 5) is 23.4. The van der Waals surface area contributed by atoms with Crippen LogP contribution in [0, 0.1) is 0 Å². The number of amides is 2. The normalized spacial score (nSPS) is 13.2. The number of halogens is 4. The molecule has 0 bridgehead atoms. The summed E-state index contributed by atoms with van der Waals surface area (Å²) in [6.07, 6.45) is -4.10. The fraction of sp³-hybridized carbons (Fsp3) is 0.429. The molecule has 2 amide bonds. The van der Waals surface area contributed by atoms with Crippen LogP contribution < -0.4 is 10.6 Å². The second kappa shape index (κ2) is 8.05. The van der Waals surface area contributed by atoms with Gasteiger partial charge in [-0.3, -0.25) is 9.59 Å². The van der Waals surface area contributed by atoms with Crippen molar-refractivity contribution in [2.75, 3.05) is 17.3 Å². The first-order valence-corrected chi connectivity index (χ1v) is 9.36. The Balaban J connectivity index is 3.05. The molecule has 0 saturated carbocycles. The van der Waals surface area contributed by atoms with Crippen LogP contribution in [0.2, 0.25) is 5.02 Å². The van der Waals surface area contributed by atoms with E-state index in [1.165, 1.54) is 0 Å². The molecule has 0 saturated heterocycles. The number of carbonyl (C=O) groups is 2. The molecule has 1 aromatic rings. The molecule has 0 aliphatic rings. The number of alkyl halides is 3. The molecule has 0 aromatic heterocycles. The van der Waals surface area contributed by atoms with Gasteiger partial charge in [0.15, 0.2) is 0 Å². The Kier molecular flexibility index (Phi) is 6.83. The molecule has 0 aliphatic carbocycles. The van der Waals surface area contributed by atoms with E-state index in [-0.39, 0.29) is 11.4 Å². The summed E-state index contributed by atoms with van der Waals surface area (Å²) in [5.41, 5.74) is -1.70. The van der Waals surface area contributed by atoms with Crippen molar-refractivity contribution >= 4 is 38.9 Å². The summed E-state index contributed by atoms with van der Waals surface area (Å²) >= 11 is 5.55. The van der Waals surface area contributed by atoms with Crippen molar-refractivity contribution in [1.82, 2.24) is 5.32 Å². The van der Waals surface area contributed by atoms with Crippen LogP contribution in [-0.2, 0) is 25.6 Å². The Labute approximate surface area is 147 Å². The Morgan fingerprint density at radius 2 is 1.88 bits per heavy atom. The fourth-order valence-corrected chi connectivity index (χ4v) is 2.76. The van der Waals surface area contributed by atoms with Crippen LogP contribution in [0.5, 0.6) is 0 Å². The molecule has 0 heterocycles. The molecule has 140 valence electrons. The Bertz CT molecular complexity index is 766. The van der Waals surface area contributed by atoms with Gasteiger partial charge < -0.3 is 10.6 Å². The van der Waals surface area contributed by atoms with E-state index in [1.807, 2.05) is 0 Å². The van der Waals surface area contributed by atoms with Crippen molar-refractivity contribution in [2.24, 2.45) is 0 Å². The minimum atomic E-state index is -4.76. The van der Waals surface area contributed by atoms with Gasteiger partial charge >= 0.3 is 6.18 Å². The minimum Gasteiger partial charge on any atom is -0.345 e. The van der Waals surface area contributed by atoms with E-state index in [4.69, 9.17) is 11.6 Å². The van der Waals surface area contributed by atoms with Crippen LogP contribution in [-0.4, -0.2) is 38.3 Å². The highest BCUT2D eigenvalue weighted by molar-refractivity contribution is 7.90. The molecule has 1 atom stereocenters. The zero-order chi connectivity index (χ0) is 19.4. The van der Waals surface area contributed by atoms with Crippen molar-refractivity contribution < 1.29 is 31.2 Å². The molecule has 1 rings (SSSR count). The maximum Gasteiger partial charge on any atom is 0.418 e. The lowest BCUT2D eigenvalue weighted by molar-refractivity contribution is -0.137. The van der Waals surface area contributed by atoms with Crippen LogP contribution in [0.1, 0.15) is 18.9 Å². The number of sulfone groups is 1. The summed E-state index contributed by atoms with van der Waals surface area (Å²) in [6, 6.07) is 1.49. The van der Waals surface area contributed by atoms with Crippen LogP contribution >= 0.6 is 11.6 Å². The second-order valence-corrected chi connectivity index (χ2v) is 8.04. The highest BCUT2D eigenvalue weighted by Gasteiger charge is 2.35. The predicted molar refractivity (Wildman–Crippen MR) is 87.0 cm³/mol. The first-order valence-electron chi connectivity index (χ1n) is 6.92. The van der Waals surface area contributed by atoms with Gasteiger partial charge in [0.25, 0.3) is 0 Å². The number of benzene rings is 1. The van der Waals surface area contributed by atoms with Crippen molar-refractivity contribution in [1.29, 1.82) is 0 Å². The van der Waals surface area contributed by atoms with Gasteiger partial charge in [-0.2, -0.15) is 13.2 Å². The zero-order valence-electron chi connectivity index (χ0n) is 13.3. The summed E-state index contributed by atoms with van der Waals surface area (Å²) < 4.78 is 61.5. The van der Waals surface area contributed by atoms with Gasteiger partial charge in [0.1, 0.15) is 15.9 Å². The summed E-state index contributed by atoms with van der Waals surface area (Å²) in [5, 5.41) is 4.11. The number of hydrogen-bond acceptors (Lipinski definition) is 4. The van der Waals surface area contributed by atoms with Crippen LogP contribution in [0.15, 0.2) is 18.2 Å². The first-order chi connectivity index (χ1) is 11.3. The molecular weight excluding hydrogens is 385 g/mol. The third-order valence-electron chi connectivity index (χ3n) is 3.02. The van der Waals surface area contributed by atoms with Gasteiger partial charge in [-0.05, 0) is 24.6 Å². The number of carbonyl (C=O) groups excluding carboxylic acids is 2. The average Bonchev–Trinajstić information content (AvgIpc) is 2.42. The Morgan fingerprint density at radius 1 is 1.28 bits per heavy atom. The van der Waals surface area contributed by atoms with E-state index in [0.717, 1.165) is 25.3 Å². The average molecular weight is 401 g/mol. The molecular formula is C14H16ClF3N2O4S. The second-order valence-electron chi connectivity index (χ2n) is 5.35. The van der Waals surface area contributed by atoms with Crippen LogP contribution in [0.25, 0.3) is 0 Å². The van der Waals surface area contributed by atoms with E-state index >= 15 is 0 Å². The Morgan fingerprint density at radius 3 is 2.36 bits per heavy atom. The van der Waals surface area contributed by atoms with Crippen LogP contribution in [0.4, 0.5) is 18.9 Å². The molecule has 6 nitrogen and oxygen atoms in total. The maximum atomic E-state index is 13.0. The lowest BCUT2D eigenvalue weighted by Crippen LogP contribution is -2.44. The van der Waals surface area contributed by atoms with E-state index in [0.29, 0.717) is 6.07 Å². The van der Waals surface area contributed by atoms with Gasteiger partial charge in [0, 0.05) is 18.2 Å². The highest BCUT2D eigenvalue weighted by atomic mass is 35.5. The van der Waals surface area contributed by atoms with E-state index in [2.05, 4.69) is 10.6 Å². The third kappa shape index (κ3) is 7.30. The Hall–Kier alpha value is -1.81. The smallest absolute Gasteiger partial charge is 0.345 e. The largest absolute Gasteiger partial charge is 0.418 e. The quantitative estimate of drug-likeness (QED) is 0.766. The number of rotatable bonds is 6. The molecule has 0 radical (unpaired) electrons. The molecule has 11 heteroatoms. The van der Waals surface area contributed by atoms with Crippen molar-refractivity contribution in [3.05, 3.63) is 28.8 Å². The molecule has 2 N–H and O–H groups in total. The third-order valence-corrected chi connectivity index (χ3v) is 4.23. The van der Waals surface area contributed by atoms with E-state index < -0.39 is 50.9 Å². The molecule has 25 heavy (non-hydrogen) atoms. The molecule has 0 spiro atoms. The molecule has 0 fully saturated rings. The van der Waals surface area contributed by atoms with Crippen molar-refractivity contribution in [2.45, 2.75) is 25.6 Å². The predicted octanol–water partition coefficient (Wildman–Crippen LogP) is 2.24. The SMILES string of the molecule is CC(=O)NC(CCS(C)(=O)=O)C(=O)Nc1ccc(Cl)cc1C(F)(F)F. The van der Waals surface area contributed by atoms with Crippen molar-refractivity contribution in [3.63, 3.8) is 0 Å². The number of hydrogen-bond donors (Lipinski definition) is 2. The molecule has 0 aliphatic heterocycles. The van der Waals surface area contributed by atoms with E-state index in [9.17, 15) is 31.2 Å². The van der Waals surface area contributed by atoms with Gasteiger partial charge in [-0.25, -0.2) is 8.42 Å². The van der Waals surface area contributed by atoms with Gasteiger partial charge in [-0.1, -0.05) is 11.6 Å². The van der Waals surface area contributed by atoms with Gasteiger partial charge in [0.2, 0.25) is 11.8 Å². The number of nitrogens with one attached hydrogen (secondary N) is 2. The fourth-order valence-electron chi connectivity index (χ4n) is 1.93. The lowest BCUT2D eigenvalue weighted by atomic mass is 10.1. The number of anilines is 1. The maximum absolute atomic E-state index is 13.0. The lowest BCUT2D eigenvalue weighted by Gasteiger charge is -2.19. The summed E-state index contributed by atoms with van der Waals surface area (Å²) in [7, 11) is -3.43. The molecule has 1 aromatic carbocycles. The molecule has 1 unspecified atom stereocenters. The summed E-state index contributed by atoms with van der Waals surface area (Å²) in [5.74, 6) is -2.01. The minimum absolute atomic E-state index is 0.166. The van der Waals surface area contributed by atoms with Gasteiger partial charge in [0.05, 0.1) is 17.0 Å². The first kappa shape index (κ1) is 21.2. The topological polar surface area (TPSA) is 92.3 Å². The summed E-state index contributed by atoms with van der Waals surface area (Å²) in [6.45, 7) is 1.10. The van der Waals surface area contributed by atoms with Crippen molar-refractivity contribution in [3.8, 4) is 0 Å². The highest BCUT2D eigenvalue weighted by Crippen LogP contribution is 2.36. The van der Waals surface area contributed by atoms with Crippen LogP contribution in [0.3, 0.4) is 0 Å². The van der Waals surface area contributed by atoms with E-state index in [1.54, 1.807) is 0 Å². The standard InChI is InChI=1S/C14H16ClF3N2O4S/c1-8(21)19-12(5-6-25(2,23)24)13(22)20-11-4-3-9(15)7-10(11)14(16,17)18/h3-4,7,12H,5-6H2,1-2H3,(H,19,21)(H,20,22).